The van der Waals surface area contributed by atoms with Crippen LogP contribution in [0.4, 0.5) is 0 Å². The van der Waals surface area contributed by atoms with Crippen LogP contribution < -0.4 is 0 Å². The maximum atomic E-state index is 6.32. The van der Waals surface area contributed by atoms with Crippen molar-refractivity contribution in [2.45, 2.75) is 57.9 Å². The van der Waals surface area contributed by atoms with Gasteiger partial charge in [-0.1, -0.05) is 40.0 Å². The second-order valence-electron chi connectivity index (χ2n) is 5.39. The smallest absolute Gasteiger partial charge is 0.125 e. The van der Waals surface area contributed by atoms with Crippen LogP contribution in [0.15, 0.2) is 0 Å². The van der Waals surface area contributed by atoms with Crippen molar-refractivity contribution < 1.29 is 0 Å². The van der Waals surface area contributed by atoms with Crippen molar-refractivity contribution in [3.05, 3.63) is 0 Å². The summed E-state index contributed by atoms with van der Waals surface area (Å²) in [5.74, 6) is 0. The van der Waals surface area contributed by atoms with Crippen molar-refractivity contribution >= 4 is 39.2 Å². The SMILES string of the molecule is CC(C)(C)C1([Si](Cl)(Cl)Cl)CCCCC1. The first-order valence-electron chi connectivity index (χ1n) is 5.27. The van der Waals surface area contributed by atoms with Crippen LogP contribution in [0.3, 0.4) is 0 Å². The molecular formula is C10H19Cl3Si. The molecule has 0 aromatic rings. The lowest BCUT2D eigenvalue weighted by molar-refractivity contribution is 0.195. The molecule has 0 unspecified atom stereocenters. The highest BCUT2D eigenvalue weighted by Crippen LogP contribution is 2.65. The molecule has 1 saturated carbocycles. The summed E-state index contributed by atoms with van der Waals surface area (Å²) in [5, 5.41) is -0.0110. The van der Waals surface area contributed by atoms with Gasteiger partial charge in [0.25, 0.3) is 0 Å². The van der Waals surface area contributed by atoms with Crippen LogP contribution in [0.25, 0.3) is 0 Å². The molecule has 4 heteroatoms. The minimum absolute atomic E-state index is 0.0110. The van der Waals surface area contributed by atoms with Crippen LogP contribution in [0.5, 0.6) is 0 Å². The number of hydrogen-bond acceptors (Lipinski definition) is 0. The molecule has 0 amide bonds. The summed E-state index contributed by atoms with van der Waals surface area (Å²) in [6, 6.07) is -2.63. The molecule has 0 heterocycles. The molecule has 0 aromatic carbocycles. The van der Waals surface area contributed by atoms with Crippen LogP contribution >= 0.6 is 33.2 Å². The molecule has 0 bridgehead atoms. The predicted molar refractivity (Wildman–Crippen MR) is 68.5 cm³/mol. The average Bonchev–Trinajstić information content (AvgIpc) is 2.02. The van der Waals surface area contributed by atoms with Gasteiger partial charge >= 0.3 is 6.00 Å². The summed E-state index contributed by atoms with van der Waals surface area (Å²) in [6.45, 7) is 6.65. The summed E-state index contributed by atoms with van der Waals surface area (Å²) in [7, 11) is 0. The van der Waals surface area contributed by atoms with Gasteiger partial charge < -0.3 is 0 Å². The van der Waals surface area contributed by atoms with E-state index in [1.54, 1.807) is 0 Å². The predicted octanol–water partition coefficient (Wildman–Crippen LogP) is 5.39. The minimum atomic E-state index is -2.63. The minimum Gasteiger partial charge on any atom is -0.125 e. The van der Waals surface area contributed by atoms with Gasteiger partial charge in [-0.15, -0.1) is 33.2 Å². The quantitative estimate of drug-likeness (QED) is 0.444. The molecule has 0 aliphatic heterocycles. The van der Waals surface area contributed by atoms with Crippen molar-refractivity contribution in [2.75, 3.05) is 0 Å². The lowest BCUT2D eigenvalue weighted by atomic mass is 9.71. The van der Waals surface area contributed by atoms with Crippen molar-refractivity contribution in [3.63, 3.8) is 0 Å². The van der Waals surface area contributed by atoms with Gasteiger partial charge in [0, 0.05) is 5.04 Å². The Hall–Kier alpha value is 1.09. The van der Waals surface area contributed by atoms with E-state index in [9.17, 15) is 0 Å². The molecule has 0 N–H and O–H groups in total. The van der Waals surface area contributed by atoms with Crippen molar-refractivity contribution in [3.8, 4) is 0 Å². The van der Waals surface area contributed by atoms with Gasteiger partial charge in [-0.3, -0.25) is 0 Å². The molecule has 0 aromatic heterocycles. The van der Waals surface area contributed by atoms with Crippen molar-refractivity contribution in [1.29, 1.82) is 0 Å². The van der Waals surface area contributed by atoms with E-state index in [1.807, 2.05) is 0 Å². The Morgan fingerprint density at radius 2 is 1.36 bits per heavy atom. The molecule has 1 aliphatic carbocycles. The Bertz CT molecular complexity index is 180. The number of rotatable bonds is 1. The second kappa shape index (κ2) is 4.16. The Labute approximate surface area is 102 Å². The maximum absolute atomic E-state index is 6.32. The first kappa shape index (κ1) is 13.2. The van der Waals surface area contributed by atoms with E-state index >= 15 is 0 Å². The monoisotopic (exact) mass is 272 g/mol. The summed E-state index contributed by atoms with van der Waals surface area (Å²) < 4.78 is 0. The molecule has 0 radical (unpaired) electrons. The average molecular weight is 274 g/mol. The maximum Gasteiger partial charge on any atom is 0.347 e. The standard InChI is InChI=1S/C10H19Cl3Si/c1-9(2,3)10(14(11,12)13)7-5-4-6-8-10/h4-8H2,1-3H3. The molecule has 0 saturated heterocycles. The Morgan fingerprint density at radius 3 is 1.57 bits per heavy atom. The Kier molecular flexibility index (Phi) is 3.91. The summed E-state index contributed by atoms with van der Waals surface area (Å²) in [4.78, 5) is 0. The highest BCUT2D eigenvalue weighted by molar-refractivity contribution is 7.65. The molecule has 84 valence electrons. The van der Waals surface area contributed by atoms with Crippen LogP contribution in [0.1, 0.15) is 52.9 Å². The third-order valence-corrected chi connectivity index (χ3v) is 9.28. The second-order valence-corrected chi connectivity index (χ2v) is 14.2. The van der Waals surface area contributed by atoms with Crippen LogP contribution in [-0.2, 0) is 0 Å². The summed E-state index contributed by atoms with van der Waals surface area (Å²) in [6.07, 6.45) is 5.93. The highest BCUT2D eigenvalue weighted by Gasteiger charge is 2.57. The van der Waals surface area contributed by atoms with Gasteiger partial charge in [0.2, 0.25) is 0 Å². The first-order chi connectivity index (χ1) is 6.21. The molecule has 0 atom stereocenters. The van der Waals surface area contributed by atoms with Crippen molar-refractivity contribution in [2.24, 2.45) is 5.41 Å². The zero-order valence-electron chi connectivity index (χ0n) is 9.17. The molecule has 1 rings (SSSR count). The van der Waals surface area contributed by atoms with Crippen LogP contribution in [0.2, 0.25) is 5.04 Å². The Balaban J connectivity index is 3.01. The topological polar surface area (TPSA) is 0 Å². The largest absolute Gasteiger partial charge is 0.347 e. The van der Waals surface area contributed by atoms with Gasteiger partial charge in [0.05, 0.1) is 0 Å². The van der Waals surface area contributed by atoms with Gasteiger partial charge in [0.1, 0.15) is 0 Å². The van der Waals surface area contributed by atoms with Crippen LogP contribution in [-0.4, -0.2) is 6.00 Å². The van der Waals surface area contributed by atoms with E-state index in [-0.39, 0.29) is 10.5 Å². The Morgan fingerprint density at radius 1 is 0.929 bits per heavy atom. The van der Waals surface area contributed by atoms with E-state index in [0.29, 0.717) is 0 Å². The molecule has 1 aliphatic rings. The zero-order valence-corrected chi connectivity index (χ0v) is 12.4. The molecule has 0 spiro atoms. The van der Waals surface area contributed by atoms with Gasteiger partial charge in [-0.2, -0.15) is 0 Å². The van der Waals surface area contributed by atoms with E-state index in [4.69, 9.17) is 33.2 Å². The molecular weight excluding hydrogens is 255 g/mol. The third-order valence-electron chi connectivity index (χ3n) is 3.69. The van der Waals surface area contributed by atoms with Gasteiger partial charge in [0.15, 0.2) is 0 Å². The van der Waals surface area contributed by atoms with E-state index in [2.05, 4.69) is 20.8 Å². The lowest BCUT2D eigenvalue weighted by Crippen LogP contribution is -2.44. The normalized spacial score (nSPS) is 23.6. The summed E-state index contributed by atoms with van der Waals surface area (Å²) in [5.41, 5.74) is 0.116. The number of halogens is 3. The van der Waals surface area contributed by atoms with Crippen molar-refractivity contribution in [1.82, 2.24) is 0 Å². The van der Waals surface area contributed by atoms with E-state index < -0.39 is 6.00 Å². The molecule has 1 fully saturated rings. The fourth-order valence-electron chi connectivity index (χ4n) is 2.61. The summed E-state index contributed by atoms with van der Waals surface area (Å²) >= 11 is 19.0. The van der Waals surface area contributed by atoms with Crippen LogP contribution in [0, 0.1) is 5.41 Å². The van der Waals surface area contributed by atoms with Gasteiger partial charge in [-0.05, 0) is 18.3 Å². The fraction of sp³-hybridized carbons (Fsp3) is 1.00. The first-order valence-corrected chi connectivity index (χ1v) is 10.3. The van der Waals surface area contributed by atoms with E-state index in [0.717, 1.165) is 12.8 Å². The van der Waals surface area contributed by atoms with Gasteiger partial charge in [-0.25, -0.2) is 0 Å². The van der Waals surface area contributed by atoms with E-state index in [1.165, 1.54) is 19.3 Å². The lowest BCUT2D eigenvalue weighted by Gasteiger charge is -2.50. The molecule has 0 nitrogen and oxygen atoms in total. The molecule has 14 heavy (non-hydrogen) atoms. The highest BCUT2D eigenvalue weighted by atomic mass is 35.8. The fourth-order valence-corrected chi connectivity index (χ4v) is 8.64. The number of hydrogen-bond donors (Lipinski definition) is 0. The zero-order chi connectivity index (χ0) is 11.0. The third kappa shape index (κ3) is 2.26.